The van der Waals surface area contributed by atoms with Gasteiger partial charge in [-0.1, -0.05) is 24.6 Å². The number of carbonyl (C=O) groups excluding carboxylic acids is 1. The molecule has 0 bridgehead atoms. The first-order valence-corrected chi connectivity index (χ1v) is 7.38. The number of halogens is 1. The average Bonchev–Trinajstić information content (AvgIpc) is 2.37. The highest BCUT2D eigenvalue weighted by Crippen LogP contribution is 2.17. The van der Waals surface area contributed by atoms with Gasteiger partial charge in [-0.2, -0.15) is 11.8 Å². The maximum atomic E-state index is 11.7. The van der Waals surface area contributed by atoms with Crippen LogP contribution >= 0.6 is 23.4 Å². The van der Waals surface area contributed by atoms with E-state index in [0.29, 0.717) is 5.02 Å². The Kier molecular flexibility index (Phi) is 6.98. The summed E-state index contributed by atoms with van der Waals surface area (Å²) in [5.41, 5.74) is 0.833. The molecule has 0 aromatic heterocycles. The molecule has 0 aliphatic heterocycles. The Morgan fingerprint density at radius 2 is 2.33 bits per heavy atom. The van der Waals surface area contributed by atoms with Gasteiger partial charge in [0.15, 0.2) is 0 Å². The van der Waals surface area contributed by atoms with Crippen LogP contribution in [0.3, 0.4) is 0 Å². The molecule has 0 saturated carbocycles. The third kappa shape index (κ3) is 5.19. The van der Waals surface area contributed by atoms with E-state index >= 15 is 0 Å². The standard InChI is InChI=1S/C13H18ClNO2S/c1-3-18-8-7-12(13(16)17-2)15-11-6-4-5-10(14)9-11/h4-6,9,12,15H,3,7-8H2,1-2H3. The monoisotopic (exact) mass is 287 g/mol. The van der Waals surface area contributed by atoms with Crippen molar-refractivity contribution in [3.63, 3.8) is 0 Å². The Labute approximate surface area is 117 Å². The summed E-state index contributed by atoms with van der Waals surface area (Å²) in [4.78, 5) is 11.7. The van der Waals surface area contributed by atoms with Crippen LogP contribution in [0.25, 0.3) is 0 Å². The second-order valence-corrected chi connectivity index (χ2v) is 5.55. The van der Waals surface area contributed by atoms with E-state index in [1.54, 1.807) is 23.9 Å². The highest BCUT2D eigenvalue weighted by Gasteiger charge is 2.18. The maximum Gasteiger partial charge on any atom is 0.328 e. The van der Waals surface area contributed by atoms with E-state index < -0.39 is 0 Å². The second-order valence-electron chi connectivity index (χ2n) is 3.72. The van der Waals surface area contributed by atoms with Gasteiger partial charge in [0.25, 0.3) is 0 Å². The van der Waals surface area contributed by atoms with E-state index in [1.807, 2.05) is 12.1 Å². The van der Waals surface area contributed by atoms with Crippen LogP contribution < -0.4 is 5.32 Å². The molecule has 5 heteroatoms. The van der Waals surface area contributed by atoms with Crippen LogP contribution in [0.5, 0.6) is 0 Å². The molecule has 18 heavy (non-hydrogen) atoms. The number of esters is 1. The van der Waals surface area contributed by atoms with Gasteiger partial charge in [0.1, 0.15) is 6.04 Å². The van der Waals surface area contributed by atoms with Crippen LogP contribution in [-0.4, -0.2) is 30.6 Å². The Bertz CT molecular complexity index is 387. The number of thioether (sulfide) groups is 1. The van der Waals surface area contributed by atoms with E-state index in [4.69, 9.17) is 16.3 Å². The largest absolute Gasteiger partial charge is 0.467 e. The molecule has 1 atom stereocenters. The molecule has 0 saturated heterocycles. The molecule has 1 unspecified atom stereocenters. The molecular weight excluding hydrogens is 270 g/mol. The molecule has 0 fully saturated rings. The van der Waals surface area contributed by atoms with E-state index in [2.05, 4.69) is 12.2 Å². The van der Waals surface area contributed by atoms with Gasteiger partial charge in [-0.15, -0.1) is 0 Å². The minimum Gasteiger partial charge on any atom is -0.467 e. The number of benzene rings is 1. The van der Waals surface area contributed by atoms with Crippen molar-refractivity contribution < 1.29 is 9.53 Å². The van der Waals surface area contributed by atoms with Crippen molar-refractivity contribution in [2.75, 3.05) is 23.9 Å². The minimum absolute atomic E-state index is 0.244. The van der Waals surface area contributed by atoms with Gasteiger partial charge in [-0.3, -0.25) is 0 Å². The fraction of sp³-hybridized carbons (Fsp3) is 0.462. The molecule has 0 heterocycles. The van der Waals surface area contributed by atoms with Crippen LogP contribution in [0.2, 0.25) is 5.02 Å². The number of ether oxygens (including phenoxy) is 1. The molecule has 1 N–H and O–H groups in total. The van der Waals surface area contributed by atoms with Crippen molar-refractivity contribution >= 4 is 35.0 Å². The highest BCUT2D eigenvalue weighted by molar-refractivity contribution is 7.99. The van der Waals surface area contributed by atoms with Gasteiger partial charge in [0.05, 0.1) is 7.11 Å². The summed E-state index contributed by atoms with van der Waals surface area (Å²) >= 11 is 7.71. The number of anilines is 1. The zero-order valence-corrected chi connectivity index (χ0v) is 12.2. The number of rotatable bonds is 7. The van der Waals surface area contributed by atoms with Gasteiger partial charge in [-0.05, 0) is 36.1 Å². The zero-order valence-electron chi connectivity index (χ0n) is 10.6. The Morgan fingerprint density at radius 3 is 2.94 bits per heavy atom. The molecule has 3 nitrogen and oxygen atoms in total. The smallest absolute Gasteiger partial charge is 0.328 e. The molecule has 1 aromatic rings. The highest BCUT2D eigenvalue weighted by atomic mass is 35.5. The van der Waals surface area contributed by atoms with Gasteiger partial charge in [0.2, 0.25) is 0 Å². The van der Waals surface area contributed by atoms with Gasteiger partial charge in [0, 0.05) is 10.7 Å². The predicted molar refractivity (Wildman–Crippen MR) is 78.5 cm³/mol. The lowest BCUT2D eigenvalue weighted by molar-refractivity contribution is -0.141. The van der Waals surface area contributed by atoms with Crippen molar-refractivity contribution in [1.29, 1.82) is 0 Å². The number of hydrogen-bond donors (Lipinski definition) is 1. The summed E-state index contributed by atoms with van der Waals surface area (Å²) in [6.45, 7) is 2.10. The number of carbonyl (C=O) groups is 1. The first-order valence-electron chi connectivity index (χ1n) is 5.85. The number of hydrogen-bond acceptors (Lipinski definition) is 4. The normalized spacial score (nSPS) is 11.9. The summed E-state index contributed by atoms with van der Waals surface area (Å²) < 4.78 is 4.80. The van der Waals surface area contributed by atoms with Crippen molar-refractivity contribution in [2.45, 2.75) is 19.4 Å². The first-order chi connectivity index (χ1) is 8.67. The molecule has 0 spiro atoms. The van der Waals surface area contributed by atoms with E-state index in [0.717, 1.165) is 23.6 Å². The van der Waals surface area contributed by atoms with Gasteiger partial charge >= 0.3 is 5.97 Å². The summed E-state index contributed by atoms with van der Waals surface area (Å²) in [6.07, 6.45) is 0.734. The van der Waals surface area contributed by atoms with Gasteiger partial charge < -0.3 is 10.1 Å². The summed E-state index contributed by atoms with van der Waals surface area (Å²) in [7, 11) is 1.40. The molecule has 1 aromatic carbocycles. The zero-order chi connectivity index (χ0) is 13.4. The van der Waals surface area contributed by atoms with Crippen molar-refractivity contribution in [1.82, 2.24) is 0 Å². The van der Waals surface area contributed by atoms with E-state index in [-0.39, 0.29) is 12.0 Å². The first kappa shape index (κ1) is 15.2. The van der Waals surface area contributed by atoms with Crippen LogP contribution in [0, 0.1) is 0 Å². The summed E-state index contributed by atoms with van der Waals surface area (Å²) in [6, 6.07) is 7.00. The van der Waals surface area contributed by atoms with Crippen molar-refractivity contribution in [3.8, 4) is 0 Å². The lowest BCUT2D eigenvalue weighted by Crippen LogP contribution is -2.31. The van der Waals surface area contributed by atoms with E-state index in [9.17, 15) is 4.79 Å². The second kappa shape index (κ2) is 8.27. The average molecular weight is 288 g/mol. The third-order valence-corrected chi connectivity index (χ3v) is 3.57. The molecule has 0 radical (unpaired) electrons. The van der Waals surface area contributed by atoms with Crippen LogP contribution in [0.15, 0.2) is 24.3 Å². The fourth-order valence-corrected chi connectivity index (χ4v) is 2.40. The molecule has 0 amide bonds. The molecule has 100 valence electrons. The minimum atomic E-state index is -0.326. The summed E-state index contributed by atoms with van der Waals surface area (Å²) in [5, 5.41) is 3.80. The van der Waals surface area contributed by atoms with Crippen molar-refractivity contribution in [3.05, 3.63) is 29.3 Å². The lowest BCUT2D eigenvalue weighted by Gasteiger charge is -2.17. The van der Waals surface area contributed by atoms with Crippen LogP contribution in [0.1, 0.15) is 13.3 Å². The summed E-state index contributed by atoms with van der Waals surface area (Å²) in [5.74, 6) is 1.72. The molecule has 0 aliphatic carbocycles. The maximum absolute atomic E-state index is 11.7. The van der Waals surface area contributed by atoms with E-state index in [1.165, 1.54) is 7.11 Å². The SMILES string of the molecule is CCSCCC(Nc1cccc(Cl)c1)C(=O)OC. The van der Waals surface area contributed by atoms with Crippen molar-refractivity contribution in [2.24, 2.45) is 0 Å². The van der Waals surface area contributed by atoms with Crippen LogP contribution in [-0.2, 0) is 9.53 Å². The van der Waals surface area contributed by atoms with Crippen LogP contribution in [0.4, 0.5) is 5.69 Å². The quantitative estimate of drug-likeness (QED) is 0.616. The molecule has 1 rings (SSSR count). The third-order valence-electron chi connectivity index (χ3n) is 2.41. The predicted octanol–water partition coefficient (Wildman–Crippen LogP) is 3.44. The fourth-order valence-electron chi connectivity index (χ4n) is 1.52. The molecule has 0 aliphatic rings. The lowest BCUT2D eigenvalue weighted by atomic mass is 10.2. The number of methoxy groups -OCH3 is 1. The Hall–Kier alpha value is -0.870. The van der Waals surface area contributed by atoms with Gasteiger partial charge in [-0.25, -0.2) is 4.79 Å². The Balaban J connectivity index is 2.62. The molecular formula is C13H18ClNO2S. The number of nitrogens with one attached hydrogen (secondary N) is 1. The topological polar surface area (TPSA) is 38.3 Å². The Morgan fingerprint density at radius 1 is 1.56 bits per heavy atom.